The standard InChI is InChI=1S/C13H20N5S.Au.ClH/c14-12(11-7-3-4-8-15-11)16-17-13(19)18-9-5-1-2-6-10-18;;/h3-4,7H,1-2,5-6,8-10H2,(H2,14,16)(H,17,19);;1H/q-1;+1;/p-2. The predicted octanol–water partition coefficient (Wildman–Crippen LogP) is 2.55. The molecule has 0 aromatic carbocycles. The van der Waals surface area contributed by atoms with Crippen molar-refractivity contribution in [2.75, 3.05) is 19.6 Å². The number of hydrogen-bond donors (Lipinski definition) is 1. The SMILES string of the molecule is NC(=NN=C([S-])N1CCCCCC1)C1=CC=CC[N-]1.[Cl][Au]. The first-order chi connectivity index (χ1) is 10.3. The van der Waals surface area contributed by atoms with Crippen molar-refractivity contribution in [3.63, 3.8) is 0 Å². The summed E-state index contributed by atoms with van der Waals surface area (Å²) in [7, 11) is 4.58. The molecule has 0 aliphatic carbocycles. The summed E-state index contributed by atoms with van der Waals surface area (Å²) in [5.74, 6) is 0.321. The Balaban J connectivity index is 0.00000106. The fourth-order valence-corrected chi connectivity index (χ4v) is 2.29. The van der Waals surface area contributed by atoms with E-state index in [-0.39, 0.29) is 0 Å². The van der Waals surface area contributed by atoms with Gasteiger partial charge in [0.25, 0.3) is 0 Å². The molecule has 2 rings (SSSR count). The fraction of sp³-hybridized carbons (Fsp3) is 0.538. The average molecular weight is 510 g/mol. The molecule has 5 nitrogen and oxygen atoms in total. The average Bonchev–Trinajstić information content (AvgIpc) is 2.84. The van der Waals surface area contributed by atoms with E-state index in [1.807, 2.05) is 18.2 Å². The van der Waals surface area contributed by atoms with E-state index in [0.717, 1.165) is 13.1 Å². The minimum absolute atomic E-state index is 0.321. The van der Waals surface area contributed by atoms with Gasteiger partial charge in [-0.15, -0.1) is 17.7 Å². The maximum absolute atomic E-state index is 5.84. The molecule has 0 amide bonds. The molecule has 2 N–H and O–H groups in total. The Morgan fingerprint density at radius 1 is 1.24 bits per heavy atom. The van der Waals surface area contributed by atoms with Crippen LogP contribution in [-0.2, 0) is 32.6 Å². The van der Waals surface area contributed by atoms with E-state index in [4.69, 9.17) is 18.4 Å². The first kappa shape index (κ1) is 18.5. The molecule has 8 heteroatoms. The third-order valence-electron chi connectivity index (χ3n) is 3.14. The second-order valence-corrected chi connectivity index (χ2v) is 4.95. The molecule has 0 saturated carbocycles. The second-order valence-electron chi connectivity index (χ2n) is 4.59. The van der Waals surface area contributed by atoms with Gasteiger partial charge in [0.2, 0.25) is 0 Å². The van der Waals surface area contributed by atoms with Gasteiger partial charge in [-0.2, -0.15) is 5.10 Å². The van der Waals surface area contributed by atoms with Gasteiger partial charge in [-0.1, -0.05) is 30.7 Å². The molecule has 2 heterocycles. The zero-order chi connectivity index (χ0) is 15.5. The first-order valence-electron chi connectivity index (χ1n) is 6.76. The van der Waals surface area contributed by atoms with Gasteiger partial charge in [-0.05, 0) is 12.8 Å². The van der Waals surface area contributed by atoms with Crippen LogP contribution in [0, 0.1) is 0 Å². The van der Waals surface area contributed by atoms with Gasteiger partial charge < -0.3 is 28.6 Å². The Morgan fingerprint density at radius 2 is 1.90 bits per heavy atom. The molecule has 0 spiro atoms. The third-order valence-corrected chi connectivity index (χ3v) is 3.48. The van der Waals surface area contributed by atoms with Crippen LogP contribution in [-0.4, -0.2) is 35.5 Å². The van der Waals surface area contributed by atoms with Crippen LogP contribution in [0.3, 0.4) is 0 Å². The van der Waals surface area contributed by atoms with E-state index in [9.17, 15) is 0 Å². The number of allylic oxidation sites excluding steroid dienone is 2. The van der Waals surface area contributed by atoms with Crippen LogP contribution in [0.25, 0.3) is 5.32 Å². The number of nitrogens with two attached hydrogens (primary N) is 1. The monoisotopic (exact) mass is 509 g/mol. The van der Waals surface area contributed by atoms with Crippen molar-refractivity contribution in [2.45, 2.75) is 25.7 Å². The van der Waals surface area contributed by atoms with Gasteiger partial charge in [0, 0.05) is 18.3 Å². The minimum atomic E-state index is 0.321. The van der Waals surface area contributed by atoms with E-state index < -0.39 is 0 Å². The molecular weight excluding hydrogens is 491 g/mol. The molecule has 0 aromatic rings. The van der Waals surface area contributed by atoms with Crippen LogP contribution in [0.1, 0.15) is 25.7 Å². The molecular formula is C13H19AuClN5S-2. The number of rotatable bonds is 2. The Morgan fingerprint density at radius 3 is 2.48 bits per heavy atom. The molecule has 0 radical (unpaired) electrons. The third kappa shape index (κ3) is 6.84. The zero-order valence-electron chi connectivity index (χ0n) is 11.6. The summed E-state index contributed by atoms with van der Waals surface area (Å²) in [6.07, 6.45) is 10.6. The van der Waals surface area contributed by atoms with Crippen molar-refractivity contribution in [3.05, 3.63) is 29.2 Å². The summed E-state index contributed by atoms with van der Waals surface area (Å²) < 4.78 is 0. The predicted molar refractivity (Wildman–Crippen MR) is 87.8 cm³/mol. The van der Waals surface area contributed by atoms with E-state index in [2.05, 4.69) is 29.6 Å². The van der Waals surface area contributed by atoms with Crippen molar-refractivity contribution >= 4 is 32.8 Å². The van der Waals surface area contributed by atoms with Crippen LogP contribution in [0.2, 0.25) is 0 Å². The van der Waals surface area contributed by atoms with Crippen molar-refractivity contribution in [1.29, 1.82) is 0 Å². The van der Waals surface area contributed by atoms with Crippen molar-refractivity contribution < 1.29 is 20.0 Å². The Bertz CT molecular complexity index is 428. The number of likely N-dealkylation sites (tertiary alicyclic amines) is 1. The molecule has 2 aliphatic heterocycles. The van der Waals surface area contributed by atoms with Gasteiger partial charge in [0.15, 0.2) is 0 Å². The van der Waals surface area contributed by atoms with E-state index >= 15 is 0 Å². The molecule has 0 bridgehead atoms. The Kier molecular flexibility index (Phi) is 9.78. The van der Waals surface area contributed by atoms with Crippen LogP contribution < -0.4 is 5.73 Å². The second kappa shape index (κ2) is 11.1. The summed E-state index contributed by atoms with van der Waals surface area (Å²) in [4.78, 5) is 2.10. The van der Waals surface area contributed by atoms with Crippen LogP contribution in [0.15, 0.2) is 34.1 Å². The Labute approximate surface area is 147 Å². The summed E-state index contributed by atoms with van der Waals surface area (Å²) in [6.45, 7) is 2.57. The Hall–Kier alpha value is -0.530. The molecule has 122 valence electrons. The van der Waals surface area contributed by atoms with Crippen molar-refractivity contribution in [2.24, 2.45) is 15.9 Å². The van der Waals surface area contributed by atoms with Crippen molar-refractivity contribution in [1.82, 2.24) is 4.90 Å². The van der Waals surface area contributed by atoms with E-state index in [0.29, 0.717) is 23.2 Å². The molecule has 21 heavy (non-hydrogen) atoms. The molecule has 0 atom stereocenters. The number of nitrogens with zero attached hydrogens (tertiary/aromatic N) is 4. The first-order valence-corrected chi connectivity index (χ1v) is 9.86. The van der Waals surface area contributed by atoms with Gasteiger partial charge in [0.1, 0.15) is 5.84 Å². The van der Waals surface area contributed by atoms with Gasteiger partial charge in [0.05, 0.1) is 0 Å². The van der Waals surface area contributed by atoms with Crippen LogP contribution in [0.5, 0.6) is 0 Å². The molecule has 1 saturated heterocycles. The topological polar surface area (TPSA) is 68.1 Å². The normalized spacial score (nSPS) is 20.0. The quantitative estimate of drug-likeness (QED) is 0.205. The summed E-state index contributed by atoms with van der Waals surface area (Å²) in [5.41, 5.74) is 6.51. The van der Waals surface area contributed by atoms with Gasteiger partial charge in [-0.25, -0.2) is 0 Å². The summed E-state index contributed by atoms with van der Waals surface area (Å²) in [6, 6.07) is 0. The zero-order valence-corrected chi connectivity index (χ0v) is 15.4. The van der Waals surface area contributed by atoms with Crippen LogP contribution in [0.4, 0.5) is 0 Å². The van der Waals surface area contributed by atoms with Gasteiger partial charge in [-0.3, -0.25) is 0 Å². The molecule has 2 aliphatic rings. The number of halogens is 1. The molecule has 0 aromatic heterocycles. The maximum atomic E-state index is 5.84. The summed E-state index contributed by atoms with van der Waals surface area (Å²) in [5, 5.41) is 12.8. The van der Waals surface area contributed by atoms with Crippen molar-refractivity contribution in [3.8, 4) is 0 Å². The summed E-state index contributed by atoms with van der Waals surface area (Å²) >= 11 is 7.04. The van der Waals surface area contributed by atoms with E-state index in [1.165, 1.54) is 25.7 Å². The molecule has 1 fully saturated rings. The number of hydrogen-bond acceptors (Lipinski definition) is 3. The fourth-order valence-electron chi connectivity index (χ4n) is 2.06. The van der Waals surface area contributed by atoms with Gasteiger partial charge >= 0.3 is 29.2 Å². The van der Waals surface area contributed by atoms with Crippen LogP contribution >= 0.6 is 9.19 Å². The molecule has 0 unspecified atom stereocenters. The van der Waals surface area contributed by atoms with E-state index in [1.54, 1.807) is 20.0 Å². The number of amidine groups is 2.